The summed E-state index contributed by atoms with van der Waals surface area (Å²) in [5.41, 5.74) is 8.34. The third kappa shape index (κ3) is 1.48. The van der Waals surface area contributed by atoms with E-state index < -0.39 is 0 Å². The van der Waals surface area contributed by atoms with Gasteiger partial charge in [-0.25, -0.2) is 0 Å². The topological polar surface area (TPSA) is 0 Å². The summed E-state index contributed by atoms with van der Waals surface area (Å²) in [5.74, 6) is 0. The first-order chi connectivity index (χ1) is 10.4. The smallest absolute Gasteiger partial charge is 0.0327 e. The van der Waals surface area contributed by atoms with Crippen molar-refractivity contribution in [1.29, 1.82) is 0 Å². The van der Waals surface area contributed by atoms with E-state index in [4.69, 9.17) is 0 Å². The van der Waals surface area contributed by atoms with Crippen molar-refractivity contribution in [1.82, 2.24) is 0 Å². The maximum Gasteiger partial charge on any atom is 0.0327 e. The van der Waals surface area contributed by atoms with E-state index in [1.165, 1.54) is 44.2 Å². The highest BCUT2D eigenvalue weighted by atomic mass is 14.2. The summed E-state index contributed by atoms with van der Waals surface area (Å²) in [7, 11) is 0. The summed E-state index contributed by atoms with van der Waals surface area (Å²) in [4.78, 5) is 0. The van der Waals surface area contributed by atoms with Crippen LogP contribution in [-0.2, 0) is 19.3 Å². The lowest BCUT2D eigenvalue weighted by Crippen LogP contribution is -2.11. The first-order valence-electron chi connectivity index (χ1n) is 7.36. The molecule has 0 amide bonds. The summed E-state index contributed by atoms with van der Waals surface area (Å²) in [6.07, 6.45) is 7.46. The Bertz CT molecular complexity index is 913. The van der Waals surface area contributed by atoms with Crippen LogP contribution >= 0.6 is 0 Å². The number of allylic oxidation sites excluding steroid dienone is 1. The van der Waals surface area contributed by atoms with Gasteiger partial charge in [-0.3, -0.25) is 0 Å². The van der Waals surface area contributed by atoms with Crippen LogP contribution in [0, 0.1) is 24.3 Å². The molecule has 21 heavy (non-hydrogen) atoms. The summed E-state index contributed by atoms with van der Waals surface area (Å²) in [6, 6.07) is 21.4. The molecule has 0 bridgehead atoms. The summed E-state index contributed by atoms with van der Waals surface area (Å²) in [5, 5.41) is 2.68. The van der Waals surface area contributed by atoms with Gasteiger partial charge in [-0.2, -0.15) is 0 Å². The van der Waals surface area contributed by atoms with Crippen molar-refractivity contribution in [2.45, 2.75) is 19.3 Å². The lowest BCUT2D eigenvalue weighted by atomic mass is 9.79. The third-order valence-electron chi connectivity index (χ3n) is 4.70. The van der Waals surface area contributed by atoms with E-state index in [1.54, 1.807) is 0 Å². The number of hydrogen-bond donors (Lipinski definition) is 0. The number of benzene rings is 1. The van der Waals surface area contributed by atoms with Crippen LogP contribution in [0.4, 0.5) is 0 Å². The molecule has 0 saturated heterocycles. The van der Waals surface area contributed by atoms with Crippen LogP contribution in [0.5, 0.6) is 0 Å². The van der Waals surface area contributed by atoms with Gasteiger partial charge in [0, 0.05) is 22.9 Å². The molecule has 0 heterocycles. The maximum atomic E-state index is 3.29. The molecule has 96 valence electrons. The average Bonchev–Trinajstić information content (AvgIpc) is 2.54. The Hall–Kier alpha value is -2.70. The van der Waals surface area contributed by atoms with Crippen LogP contribution in [-0.4, -0.2) is 0 Å². The highest BCUT2D eigenvalue weighted by Gasteiger charge is 2.21. The van der Waals surface area contributed by atoms with Crippen LogP contribution in [0.1, 0.15) is 33.4 Å². The number of rotatable bonds is 0. The second-order valence-corrected chi connectivity index (χ2v) is 5.85. The van der Waals surface area contributed by atoms with Crippen LogP contribution in [0.2, 0.25) is 0 Å². The van der Waals surface area contributed by atoms with Gasteiger partial charge in [0.1, 0.15) is 0 Å². The zero-order valence-corrected chi connectivity index (χ0v) is 11.6. The molecule has 0 fully saturated rings. The largest absolute Gasteiger partial charge is 0.0788 e. The van der Waals surface area contributed by atoms with Crippen molar-refractivity contribution in [3.8, 4) is 0 Å². The van der Waals surface area contributed by atoms with E-state index >= 15 is 0 Å². The van der Waals surface area contributed by atoms with Gasteiger partial charge in [-0.1, -0.05) is 30.3 Å². The molecule has 0 N–H and O–H groups in total. The molecule has 3 aromatic carbocycles. The monoisotopic (exact) mass is 264 g/mol. The van der Waals surface area contributed by atoms with Crippen LogP contribution in [0.3, 0.4) is 0 Å². The molecule has 0 nitrogen and oxygen atoms in total. The van der Waals surface area contributed by atoms with E-state index in [0.717, 1.165) is 19.3 Å². The Kier molecular flexibility index (Phi) is 2.05. The van der Waals surface area contributed by atoms with Gasteiger partial charge in [-0.05, 0) is 70.8 Å². The molecule has 0 atom stereocenters. The van der Waals surface area contributed by atoms with Crippen LogP contribution < -0.4 is 0 Å². The van der Waals surface area contributed by atoms with E-state index in [2.05, 4.69) is 54.6 Å². The Labute approximate surface area is 124 Å². The Morgan fingerprint density at radius 3 is 2.95 bits per heavy atom. The third-order valence-corrected chi connectivity index (χ3v) is 4.70. The Balaban J connectivity index is 1.83. The highest BCUT2D eigenvalue weighted by Crippen LogP contribution is 2.36. The average molecular weight is 264 g/mol. The van der Waals surface area contributed by atoms with Gasteiger partial charge in [0.25, 0.3) is 0 Å². The van der Waals surface area contributed by atoms with Crippen molar-refractivity contribution < 1.29 is 0 Å². The zero-order valence-electron chi connectivity index (χ0n) is 11.6. The first-order valence-corrected chi connectivity index (χ1v) is 7.36. The van der Waals surface area contributed by atoms with Crippen LogP contribution in [0.15, 0.2) is 30.3 Å². The molecular formula is C21H12. The second-order valence-electron chi connectivity index (χ2n) is 5.85. The minimum absolute atomic E-state index is 0.975. The van der Waals surface area contributed by atoms with Crippen molar-refractivity contribution in [2.24, 2.45) is 0 Å². The standard InChI is InChI=1S/C21H12/c1-2-6-16-13-20-18(11-15(16)5-1)12-17-9-3-7-14-8-4-10-19(20)21(14)17/h2,4,6,8-9,12H,10-11,13H2. The van der Waals surface area contributed by atoms with Gasteiger partial charge in [0.2, 0.25) is 0 Å². The van der Waals surface area contributed by atoms with E-state index in [0.29, 0.717) is 0 Å². The van der Waals surface area contributed by atoms with E-state index in [-0.39, 0.29) is 0 Å². The Morgan fingerprint density at radius 1 is 0.952 bits per heavy atom. The molecule has 0 heteroatoms. The molecule has 0 spiro atoms. The molecule has 0 aromatic heterocycles. The fourth-order valence-electron chi connectivity index (χ4n) is 3.73. The number of hydrogen-bond acceptors (Lipinski definition) is 0. The maximum absolute atomic E-state index is 3.29. The summed E-state index contributed by atoms with van der Waals surface area (Å²) >= 11 is 0. The predicted octanol–water partition coefficient (Wildman–Crippen LogP) is 4.10. The van der Waals surface area contributed by atoms with E-state index in [1.807, 2.05) is 6.07 Å². The predicted molar refractivity (Wildman–Crippen MR) is 84.1 cm³/mol. The number of fused-ring (bicyclic) bond motifs is 3. The van der Waals surface area contributed by atoms with Crippen LogP contribution in [0.25, 0.3) is 16.8 Å². The molecule has 2 aliphatic carbocycles. The van der Waals surface area contributed by atoms with Crippen molar-refractivity contribution in [3.05, 3.63) is 88.0 Å². The molecule has 0 unspecified atom stereocenters. The molecule has 2 aliphatic rings. The lowest BCUT2D eigenvalue weighted by Gasteiger charge is -2.24. The van der Waals surface area contributed by atoms with E-state index in [9.17, 15) is 0 Å². The quantitative estimate of drug-likeness (QED) is 0.448. The van der Waals surface area contributed by atoms with Gasteiger partial charge >= 0.3 is 0 Å². The zero-order chi connectivity index (χ0) is 13.8. The van der Waals surface area contributed by atoms with Crippen molar-refractivity contribution in [3.63, 3.8) is 0 Å². The van der Waals surface area contributed by atoms with Gasteiger partial charge in [0.05, 0.1) is 0 Å². The van der Waals surface area contributed by atoms with Crippen molar-refractivity contribution >= 4 is 16.8 Å². The summed E-state index contributed by atoms with van der Waals surface area (Å²) < 4.78 is 0. The molecule has 0 saturated carbocycles. The SMILES string of the molecule is c1ccc2c(c#1)Cc1cc3cc#cc4c3c(c1C2)CC=C4. The first kappa shape index (κ1) is 11.0. The molecular weight excluding hydrogens is 252 g/mol. The summed E-state index contributed by atoms with van der Waals surface area (Å²) in [6.45, 7) is 0. The Morgan fingerprint density at radius 2 is 1.95 bits per heavy atom. The fourth-order valence-corrected chi connectivity index (χ4v) is 3.73. The van der Waals surface area contributed by atoms with Gasteiger partial charge in [0.15, 0.2) is 0 Å². The lowest BCUT2D eigenvalue weighted by molar-refractivity contribution is 0.983. The highest BCUT2D eigenvalue weighted by molar-refractivity contribution is 5.96. The van der Waals surface area contributed by atoms with Crippen molar-refractivity contribution in [2.75, 3.05) is 0 Å². The minimum atomic E-state index is 0.975. The fraction of sp³-hybridized carbons (Fsp3) is 0.143. The normalized spacial score (nSPS) is 14.1. The van der Waals surface area contributed by atoms with Gasteiger partial charge < -0.3 is 0 Å². The molecule has 3 aromatic rings. The minimum Gasteiger partial charge on any atom is -0.0788 e. The van der Waals surface area contributed by atoms with Gasteiger partial charge in [-0.15, -0.1) is 0 Å². The molecule has 0 radical (unpaired) electrons. The second kappa shape index (κ2) is 3.91. The molecule has 5 rings (SSSR count). The molecule has 0 aliphatic heterocycles.